The normalized spacial score (nSPS) is 46.4. The Morgan fingerprint density at radius 3 is 2.79 bits per heavy atom. The van der Waals surface area contributed by atoms with Crippen LogP contribution in [0.3, 0.4) is 0 Å². The fourth-order valence-corrected chi connectivity index (χ4v) is 7.75. The monoisotopic (exact) mass is 398 g/mol. The summed E-state index contributed by atoms with van der Waals surface area (Å²) in [7, 11) is 0. The Morgan fingerprint density at radius 2 is 2.03 bits per heavy atom. The summed E-state index contributed by atoms with van der Waals surface area (Å²) in [6, 6.07) is 0. The van der Waals surface area contributed by atoms with Crippen molar-refractivity contribution in [2.45, 2.75) is 84.3 Å². The van der Waals surface area contributed by atoms with Gasteiger partial charge in [-0.05, 0) is 97.3 Å². The van der Waals surface area contributed by atoms with E-state index in [0.717, 1.165) is 38.5 Å². The lowest BCUT2D eigenvalue weighted by atomic mass is 9.47. The highest BCUT2D eigenvalue weighted by Gasteiger charge is 2.59. The fraction of sp³-hybridized carbons (Fsp3) is 0.826. The summed E-state index contributed by atoms with van der Waals surface area (Å²) < 4.78 is 1.56. The quantitative estimate of drug-likeness (QED) is 0.787. The number of Topliss-reactive ketones (excluding diaryl/α,β-unsaturated/α-hetero) is 1. The Bertz CT molecular complexity index is 832. The second kappa shape index (κ2) is 6.47. The first-order chi connectivity index (χ1) is 13.7. The zero-order valence-electron chi connectivity index (χ0n) is 18.0. The topological polar surface area (TPSA) is 80.9 Å². The number of aromatic nitrogens is 4. The van der Waals surface area contributed by atoms with Crippen LogP contribution in [-0.4, -0.2) is 36.7 Å². The van der Waals surface area contributed by atoms with Crippen LogP contribution in [-0.2, 0) is 11.3 Å². The van der Waals surface area contributed by atoms with Gasteiger partial charge in [0.15, 0.2) is 5.78 Å². The summed E-state index contributed by atoms with van der Waals surface area (Å²) in [6.07, 6.45) is 12.6. The first-order valence-corrected chi connectivity index (χ1v) is 11.4. The van der Waals surface area contributed by atoms with Crippen molar-refractivity contribution in [2.24, 2.45) is 34.5 Å². The van der Waals surface area contributed by atoms with Gasteiger partial charge in [-0.1, -0.05) is 25.5 Å². The molecule has 4 aliphatic rings. The van der Waals surface area contributed by atoms with Gasteiger partial charge in [-0.3, -0.25) is 4.79 Å². The van der Waals surface area contributed by atoms with Crippen LogP contribution in [0.2, 0.25) is 0 Å². The zero-order valence-corrected chi connectivity index (χ0v) is 18.0. The largest absolute Gasteiger partial charge is 0.390 e. The highest BCUT2D eigenvalue weighted by Crippen LogP contribution is 2.66. The van der Waals surface area contributed by atoms with E-state index in [2.05, 4.69) is 35.4 Å². The molecule has 3 fully saturated rings. The molecule has 0 spiro atoms. The van der Waals surface area contributed by atoms with Crippen molar-refractivity contribution >= 4 is 5.78 Å². The minimum absolute atomic E-state index is 0.0582. The molecule has 0 saturated heterocycles. The van der Waals surface area contributed by atoms with Gasteiger partial charge in [0.2, 0.25) is 0 Å². The molecule has 3 saturated carbocycles. The standard InChI is InChI=1S/C23H34N4O2/c1-21(29)10-11-22(2)15(12-21)4-5-16-17-6-7-19(23(17,3)9-8-18(16)22)20(28)13-27-14-24-25-26-27/h8,14-17,19,29H,4-7,9-13H2,1-3H3/t15-,16-,17?,19+,21+,22-,23-/m0/s1. The molecule has 0 aromatic carbocycles. The van der Waals surface area contributed by atoms with E-state index >= 15 is 0 Å². The molecule has 7 atom stereocenters. The molecule has 0 bridgehead atoms. The van der Waals surface area contributed by atoms with Gasteiger partial charge in [-0.2, -0.15) is 0 Å². The number of hydrogen-bond donors (Lipinski definition) is 1. The Morgan fingerprint density at radius 1 is 1.21 bits per heavy atom. The molecule has 6 heteroatoms. The van der Waals surface area contributed by atoms with Crippen LogP contribution in [0.4, 0.5) is 0 Å². The maximum atomic E-state index is 13.1. The van der Waals surface area contributed by atoms with Gasteiger partial charge < -0.3 is 5.11 Å². The van der Waals surface area contributed by atoms with E-state index in [1.807, 2.05) is 6.92 Å². The molecule has 6 nitrogen and oxygen atoms in total. The number of nitrogens with zero attached hydrogens (tertiary/aromatic N) is 4. The third kappa shape index (κ3) is 2.93. The van der Waals surface area contributed by atoms with Crippen molar-refractivity contribution in [1.82, 2.24) is 20.2 Å². The summed E-state index contributed by atoms with van der Waals surface area (Å²) in [5.41, 5.74) is 1.46. The average Bonchev–Trinajstić information content (AvgIpc) is 3.29. The Labute approximate surface area is 173 Å². The van der Waals surface area contributed by atoms with Crippen molar-refractivity contribution in [3.8, 4) is 0 Å². The number of carbonyl (C=O) groups is 1. The highest BCUT2D eigenvalue weighted by molar-refractivity contribution is 5.82. The highest BCUT2D eigenvalue weighted by atomic mass is 16.3. The van der Waals surface area contributed by atoms with E-state index in [-0.39, 0.29) is 29.1 Å². The molecule has 4 aliphatic carbocycles. The van der Waals surface area contributed by atoms with Gasteiger partial charge in [-0.25, -0.2) is 4.68 Å². The van der Waals surface area contributed by atoms with Gasteiger partial charge in [-0.15, -0.1) is 5.10 Å². The maximum absolute atomic E-state index is 13.1. The number of aliphatic hydroxyl groups is 1. The van der Waals surface area contributed by atoms with Crippen LogP contribution in [0.15, 0.2) is 18.0 Å². The van der Waals surface area contributed by atoms with Crippen molar-refractivity contribution in [3.05, 3.63) is 18.0 Å². The van der Waals surface area contributed by atoms with Crippen molar-refractivity contribution in [2.75, 3.05) is 0 Å². The molecular formula is C23H34N4O2. The number of ketones is 1. The molecule has 158 valence electrons. The summed E-state index contributed by atoms with van der Waals surface area (Å²) >= 11 is 0. The first kappa shape index (κ1) is 19.4. The SMILES string of the molecule is C[C@@]1(O)CC[C@]2(C)C3=CC[C@@]4(C)C(CC[C@@H]4C(=O)Cn4cnnn4)[C@@H]3CC[C@H]2C1. The van der Waals surface area contributed by atoms with Crippen LogP contribution < -0.4 is 0 Å². The Hall–Kier alpha value is -1.56. The summed E-state index contributed by atoms with van der Waals surface area (Å²) in [5.74, 6) is 2.20. The number of hydrogen-bond acceptors (Lipinski definition) is 5. The molecule has 1 aromatic rings. The van der Waals surface area contributed by atoms with Gasteiger partial charge in [0, 0.05) is 5.92 Å². The van der Waals surface area contributed by atoms with E-state index in [4.69, 9.17) is 0 Å². The predicted octanol–water partition coefficient (Wildman–Crippen LogP) is 3.57. The molecule has 0 amide bonds. The molecule has 1 heterocycles. The van der Waals surface area contributed by atoms with Gasteiger partial charge in [0.25, 0.3) is 0 Å². The third-order valence-electron chi connectivity index (χ3n) is 9.41. The van der Waals surface area contributed by atoms with Crippen LogP contribution in [0.25, 0.3) is 0 Å². The predicted molar refractivity (Wildman–Crippen MR) is 109 cm³/mol. The minimum atomic E-state index is -0.498. The van der Waals surface area contributed by atoms with Crippen molar-refractivity contribution in [1.29, 1.82) is 0 Å². The van der Waals surface area contributed by atoms with Crippen LogP contribution >= 0.6 is 0 Å². The van der Waals surface area contributed by atoms with Gasteiger partial charge in [0.1, 0.15) is 12.9 Å². The number of allylic oxidation sites excluding steroid dienone is 2. The molecule has 0 aliphatic heterocycles. The Kier molecular flexibility index (Phi) is 4.33. The molecular weight excluding hydrogens is 364 g/mol. The molecule has 1 aromatic heterocycles. The van der Waals surface area contributed by atoms with Crippen molar-refractivity contribution < 1.29 is 9.90 Å². The molecule has 29 heavy (non-hydrogen) atoms. The van der Waals surface area contributed by atoms with Crippen LogP contribution in [0.1, 0.15) is 72.1 Å². The maximum Gasteiger partial charge on any atom is 0.158 e. The zero-order chi connectivity index (χ0) is 20.4. The third-order valence-corrected chi connectivity index (χ3v) is 9.41. The summed E-state index contributed by atoms with van der Waals surface area (Å²) in [6.45, 7) is 7.13. The minimum Gasteiger partial charge on any atom is -0.390 e. The van der Waals surface area contributed by atoms with E-state index < -0.39 is 5.60 Å². The van der Waals surface area contributed by atoms with Gasteiger partial charge >= 0.3 is 0 Å². The molecule has 0 radical (unpaired) electrons. The lowest BCUT2D eigenvalue weighted by molar-refractivity contribution is -0.128. The fourth-order valence-electron chi connectivity index (χ4n) is 7.75. The summed E-state index contributed by atoms with van der Waals surface area (Å²) in [5, 5.41) is 21.9. The van der Waals surface area contributed by atoms with Crippen LogP contribution in [0, 0.1) is 34.5 Å². The summed E-state index contributed by atoms with van der Waals surface area (Å²) in [4.78, 5) is 13.1. The van der Waals surface area contributed by atoms with E-state index in [9.17, 15) is 9.90 Å². The first-order valence-electron chi connectivity index (χ1n) is 11.4. The average molecular weight is 399 g/mol. The molecule has 5 rings (SSSR count). The van der Waals surface area contributed by atoms with Gasteiger partial charge in [0.05, 0.1) is 5.60 Å². The van der Waals surface area contributed by atoms with E-state index in [0.29, 0.717) is 17.8 Å². The number of rotatable bonds is 3. The second-order valence-electron chi connectivity index (χ2n) is 11.1. The van der Waals surface area contributed by atoms with E-state index in [1.165, 1.54) is 19.2 Å². The van der Waals surface area contributed by atoms with Crippen LogP contribution in [0.5, 0.6) is 0 Å². The number of fused-ring (bicyclic) bond motifs is 5. The molecule has 1 unspecified atom stereocenters. The lowest BCUT2D eigenvalue weighted by Crippen LogP contribution is -2.51. The Balaban J connectivity index is 1.40. The van der Waals surface area contributed by atoms with Crippen molar-refractivity contribution in [3.63, 3.8) is 0 Å². The smallest absolute Gasteiger partial charge is 0.158 e. The second-order valence-corrected chi connectivity index (χ2v) is 11.1. The molecule has 1 N–H and O–H groups in total. The lowest BCUT2D eigenvalue weighted by Gasteiger charge is -2.58. The number of tetrazole rings is 1. The number of carbonyl (C=O) groups excluding carboxylic acids is 1. The van der Waals surface area contributed by atoms with E-state index in [1.54, 1.807) is 10.3 Å².